The molecule has 0 aliphatic heterocycles. The van der Waals surface area contributed by atoms with Crippen LogP contribution in [-0.4, -0.2) is 22.7 Å². The first-order valence-electron chi connectivity index (χ1n) is 4.54. The van der Waals surface area contributed by atoms with E-state index in [2.05, 4.69) is 4.98 Å². The van der Waals surface area contributed by atoms with E-state index in [-0.39, 0.29) is 11.4 Å². The molecule has 0 saturated heterocycles. The molecule has 1 N–H and O–H groups in total. The van der Waals surface area contributed by atoms with Crippen molar-refractivity contribution < 1.29 is 14.6 Å². The first-order chi connectivity index (χ1) is 6.67. The molecule has 0 aliphatic carbocycles. The Bertz CT molecular complexity index is 336. The van der Waals surface area contributed by atoms with E-state index in [1.54, 1.807) is 6.92 Å². The minimum absolute atomic E-state index is 0.0416. The Morgan fingerprint density at radius 1 is 1.50 bits per heavy atom. The van der Waals surface area contributed by atoms with Crippen LogP contribution in [0.5, 0.6) is 5.75 Å². The van der Waals surface area contributed by atoms with Crippen LogP contribution in [0.3, 0.4) is 0 Å². The Morgan fingerprint density at radius 2 is 2.21 bits per heavy atom. The summed E-state index contributed by atoms with van der Waals surface area (Å²) in [7, 11) is 0. The predicted molar refractivity (Wildman–Crippen MR) is 51.2 cm³/mol. The molecule has 0 radical (unpaired) electrons. The summed E-state index contributed by atoms with van der Waals surface area (Å²) in [4.78, 5) is 15.3. The molecule has 0 aliphatic rings. The molecule has 4 nitrogen and oxygen atoms in total. The number of nitrogens with zero attached hydrogens (tertiary/aromatic N) is 1. The SMILES string of the molecule is CCOC(=O)c1cc(O)cc(CC)n1. The molecule has 1 aromatic rings. The van der Waals surface area contributed by atoms with Crippen molar-refractivity contribution in [1.82, 2.24) is 4.98 Å². The van der Waals surface area contributed by atoms with Crippen LogP contribution in [0.15, 0.2) is 12.1 Å². The van der Waals surface area contributed by atoms with Crippen LogP contribution in [0.25, 0.3) is 0 Å². The lowest BCUT2D eigenvalue weighted by Crippen LogP contribution is -2.08. The molecule has 14 heavy (non-hydrogen) atoms. The van der Waals surface area contributed by atoms with Crippen LogP contribution in [-0.2, 0) is 11.2 Å². The third-order valence-corrected chi connectivity index (χ3v) is 1.71. The maximum Gasteiger partial charge on any atom is 0.357 e. The highest BCUT2D eigenvalue weighted by atomic mass is 16.5. The first-order valence-corrected chi connectivity index (χ1v) is 4.54. The van der Waals surface area contributed by atoms with Crippen molar-refractivity contribution in [2.75, 3.05) is 6.61 Å². The number of ether oxygens (including phenoxy) is 1. The summed E-state index contributed by atoms with van der Waals surface area (Å²) < 4.78 is 4.77. The van der Waals surface area contributed by atoms with Crippen molar-refractivity contribution in [2.45, 2.75) is 20.3 Å². The molecular formula is C10H13NO3. The topological polar surface area (TPSA) is 59.4 Å². The van der Waals surface area contributed by atoms with Gasteiger partial charge < -0.3 is 9.84 Å². The van der Waals surface area contributed by atoms with Gasteiger partial charge in [-0.1, -0.05) is 6.92 Å². The van der Waals surface area contributed by atoms with Gasteiger partial charge in [0.1, 0.15) is 5.75 Å². The zero-order valence-corrected chi connectivity index (χ0v) is 8.28. The van der Waals surface area contributed by atoms with Crippen molar-refractivity contribution in [3.8, 4) is 5.75 Å². The van der Waals surface area contributed by atoms with E-state index < -0.39 is 5.97 Å². The van der Waals surface area contributed by atoms with Crippen molar-refractivity contribution >= 4 is 5.97 Å². The predicted octanol–water partition coefficient (Wildman–Crippen LogP) is 1.53. The molecule has 0 bridgehead atoms. The number of hydrogen-bond donors (Lipinski definition) is 1. The van der Waals surface area contributed by atoms with Gasteiger partial charge in [-0.25, -0.2) is 9.78 Å². The van der Waals surface area contributed by atoms with Crippen LogP contribution in [0.1, 0.15) is 30.0 Å². The lowest BCUT2D eigenvalue weighted by Gasteiger charge is -2.03. The zero-order valence-electron chi connectivity index (χ0n) is 8.28. The quantitative estimate of drug-likeness (QED) is 0.743. The highest BCUT2D eigenvalue weighted by Gasteiger charge is 2.10. The molecule has 0 fully saturated rings. The van der Waals surface area contributed by atoms with Gasteiger partial charge in [-0.15, -0.1) is 0 Å². The second-order valence-corrected chi connectivity index (χ2v) is 2.78. The van der Waals surface area contributed by atoms with Crippen molar-refractivity contribution in [3.05, 3.63) is 23.5 Å². The van der Waals surface area contributed by atoms with E-state index in [1.165, 1.54) is 12.1 Å². The van der Waals surface area contributed by atoms with Crippen LogP contribution >= 0.6 is 0 Å². The van der Waals surface area contributed by atoms with Crippen molar-refractivity contribution in [2.24, 2.45) is 0 Å². The maximum absolute atomic E-state index is 11.3. The maximum atomic E-state index is 11.3. The number of carbonyl (C=O) groups excluding carboxylic acids is 1. The minimum Gasteiger partial charge on any atom is -0.508 e. The van der Waals surface area contributed by atoms with Gasteiger partial charge in [0.2, 0.25) is 0 Å². The Balaban J connectivity index is 2.96. The van der Waals surface area contributed by atoms with Crippen LogP contribution < -0.4 is 0 Å². The standard InChI is InChI=1S/C10H13NO3/c1-3-7-5-8(12)6-9(11-7)10(13)14-4-2/h5-6H,3-4H2,1-2H3,(H,11,12). The molecule has 4 heteroatoms. The van der Waals surface area contributed by atoms with Gasteiger partial charge in [-0.3, -0.25) is 0 Å². The molecular weight excluding hydrogens is 182 g/mol. The van der Waals surface area contributed by atoms with Gasteiger partial charge in [-0.2, -0.15) is 0 Å². The highest BCUT2D eigenvalue weighted by molar-refractivity contribution is 5.87. The molecule has 0 atom stereocenters. The number of aryl methyl sites for hydroxylation is 1. The fraction of sp³-hybridized carbons (Fsp3) is 0.400. The van der Waals surface area contributed by atoms with Crippen molar-refractivity contribution in [1.29, 1.82) is 0 Å². The molecule has 0 unspecified atom stereocenters. The van der Waals surface area contributed by atoms with E-state index >= 15 is 0 Å². The molecule has 0 saturated carbocycles. The zero-order chi connectivity index (χ0) is 10.6. The normalized spacial score (nSPS) is 9.86. The summed E-state index contributed by atoms with van der Waals surface area (Å²) in [5.74, 6) is -0.460. The van der Waals surface area contributed by atoms with Gasteiger partial charge in [0, 0.05) is 17.8 Å². The summed E-state index contributed by atoms with van der Waals surface area (Å²) in [5, 5.41) is 9.29. The fourth-order valence-electron chi connectivity index (χ4n) is 1.06. The Morgan fingerprint density at radius 3 is 2.79 bits per heavy atom. The van der Waals surface area contributed by atoms with Gasteiger partial charge in [0.15, 0.2) is 5.69 Å². The van der Waals surface area contributed by atoms with Crippen LogP contribution in [0, 0.1) is 0 Å². The largest absolute Gasteiger partial charge is 0.508 e. The first kappa shape index (κ1) is 10.5. The Kier molecular flexibility index (Phi) is 3.45. The third kappa shape index (κ3) is 2.45. The van der Waals surface area contributed by atoms with E-state index in [4.69, 9.17) is 4.74 Å². The summed E-state index contributed by atoms with van der Waals surface area (Å²) in [6, 6.07) is 2.83. The van der Waals surface area contributed by atoms with Crippen LogP contribution in [0.4, 0.5) is 0 Å². The minimum atomic E-state index is -0.502. The summed E-state index contributed by atoms with van der Waals surface area (Å²) in [6.07, 6.45) is 0.667. The summed E-state index contributed by atoms with van der Waals surface area (Å²) in [6.45, 7) is 3.93. The third-order valence-electron chi connectivity index (χ3n) is 1.71. The Labute approximate surface area is 82.5 Å². The monoisotopic (exact) mass is 195 g/mol. The second kappa shape index (κ2) is 4.60. The smallest absolute Gasteiger partial charge is 0.357 e. The summed E-state index contributed by atoms with van der Waals surface area (Å²) >= 11 is 0. The Hall–Kier alpha value is -1.58. The van der Waals surface area contributed by atoms with Gasteiger partial charge in [0.25, 0.3) is 0 Å². The van der Waals surface area contributed by atoms with Gasteiger partial charge in [0.05, 0.1) is 6.61 Å². The van der Waals surface area contributed by atoms with Gasteiger partial charge in [-0.05, 0) is 13.3 Å². The number of esters is 1. The van der Waals surface area contributed by atoms with E-state index in [0.717, 1.165) is 0 Å². The van der Waals surface area contributed by atoms with Crippen LogP contribution in [0.2, 0.25) is 0 Å². The van der Waals surface area contributed by atoms with E-state index in [1.807, 2.05) is 6.92 Å². The molecule has 1 heterocycles. The lowest BCUT2D eigenvalue weighted by molar-refractivity contribution is 0.0518. The molecule has 1 aromatic heterocycles. The highest BCUT2D eigenvalue weighted by Crippen LogP contribution is 2.13. The number of carbonyl (C=O) groups is 1. The average Bonchev–Trinajstić information content (AvgIpc) is 2.17. The van der Waals surface area contributed by atoms with E-state index in [9.17, 15) is 9.90 Å². The fourth-order valence-corrected chi connectivity index (χ4v) is 1.06. The number of aromatic hydroxyl groups is 1. The van der Waals surface area contributed by atoms with Gasteiger partial charge >= 0.3 is 5.97 Å². The lowest BCUT2D eigenvalue weighted by atomic mass is 10.2. The average molecular weight is 195 g/mol. The number of rotatable bonds is 3. The molecule has 76 valence electrons. The number of hydrogen-bond acceptors (Lipinski definition) is 4. The summed E-state index contributed by atoms with van der Waals surface area (Å²) in [5.41, 5.74) is 0.830. The van der Waals surface area contributed by atoms with Crippen molar-refractivity contribution in [3.63, 3.8) is 0 Å². The molecule has 0 spiro atoms. The van der Waals surface area contributed by atoms with E-state index in [0.29, 0.717) is 18.7 Å². The number of aromatic nitrogens is 1. The second-order valence-electron chi connectivity index (χ2n) is 2.78. The number of pyridine rings is 1. The molecule has 0 aromatic carbocycles. The molecule has 1 rings (SSSR count). The molecule has 0 amide bonds.